The third-order valence-corrected chi connectivity index (χ3v) is 4.94. The van der Waals surface area contributed by atoms with E-state index in [4.69, 9.17) is 4.74 Å². The predicted molar refractivity (Wildman–Crippen MR) is 85.3 cm³/mol. The summed E-state index contributed by atoms with van der Waals surface area (Å²) >= 11 is 0. The van der Waals surface area contributed by atoms with Crippen molar-refractivity contribution in [3.8, 4) is 5.75 Å². The van der Waals surface area contributed by atoms with Gasteiger partial charge in [0.2, 0.25) is 0 Å². The Morgan fingerprint density at radius 3 is 2.57 bits per heavy atom. The highest BCUT2D eigenvalue weighted by molar-refractivity contribution is 5.30. The van der Waals surface area contributed by atoms with Crippen LogP contribution in [0, 0.1) is 11.2 Å². The van der Waals surface area contributed by atoms with E-state index < -0.39 is 0 Å². The first-order valence-corrected chi connectivity index (χ1v) is 8.15. The number of nitrogens with one attached hydrogen (secondary N) is 1. The van der Waals surface area contributed by atoms with Gasteiger partial charge in [-0.1, -0.05) is 39.2 Å². The molecule has 1 fully saturated rings. The normalized spacial score (nSPS) is 19.2. The zero-order chi connectivity index (χ0) is 15.3. The molecule has 3 heteroatoms. The summed E-state index contributed by atoms with van der Waals surface area (Å²) in [5.74, 6) is 0.0571. The zero-order valence-electron chi connectivity index (χ0n) is 13.5. The fourth-order valence-electron chi connectivity index (χ4n) is 3.59. The number of hydrogen-bond acceptors (Lipinski definition) is 2. The number of methoxy groups -OCH3 is 1. The van der Waals surface area contributed by atoms with E-state index >= 15 is 0 Å². The van der Waals surface area contributed by atoms with Gasteiger partial charge >= 0.3 is 0 Å². The van der Waals surface area contributed by atoms with Gasteiger partial charge in [0.25, 0.3) is 0 Å². The summed E-state index contributed by atoms with van der Waals surface area (Å²) in [6, 6.07) is 5.75. The Labute approximate surface area is 128 Å². The lowest BCUT2D eigenvalue weighted by Crippen LogP contribution is -2.46. The fraction of sp³-hybridized carbons (Fsp3) is 0.667. The van der Waals surface area contributed by atoms with Gasteiger partial charge in [-0.25, -0.2) is 4.39 Å². The van der Waals surface area contributed by atoms with Crippen LogP contribution < -0.4 is 10.1 Å². The average Bonchev–Trinajstić information content (AvgIpc) is 2.48. The van der Waals surface area contributed by atoms with Crippen molar-refractivity contribution >= 4 is 0 Å². The molecule has 0 aromatic heterocycles. The maximum absolute atomic E-state index is 13.9. The van der Waals surface area contributed by atoms with E-state index in [0.29, 0.717) is 17.2 Å². The molecule has 1 aromatic rings. The van der Waals surface area contributed by atoms with E-state index in [1.54, 1.807) is 12.1 Å². The molecular weight excluding hydrogens is 265 g/mol. The minimum atomic E-state index is -0.265. The molecule has 1 unspecified atom stereocenters. The highest BCUT2D eigenvalue weighted by Gasteiger charge is 2.34. The van der Waals surface area contributed by atoms with Crippen LogP contribution in [0.3, 0.4) is 0 Å². The van der Waals surface area contributed by atoms with E-state index in [9.17, 15) is 4.39 Å². The second kappa shape index (κ2) is 7.26. The molecule has 1 atom stereocenters. The van der Waals surface area contributed by atoms with E-state index in [-0.39, 0.29) is 5.82 Å². The van der Waals surface area contributed by atoms with Crippen LogP contribution >= 0.6 is 0 Å². The van der Waals surface area contributed by atoms with Crippen LogP contribution in [0.5, 0.6) is 5.75 Å². The number of benzene rings is 1. The van der Waals surface area contributed by atoms with Crippen molar-refractivity contribution in [1.82, 2.24) is 5.32 Å². The van der Waals surface area contributed by atoms with Gasteiger partial charge in [0.1, 0.15) is 0 Å². The van der Waals surface area contributed by atoms with E-state index in [2.05, 4.69) is 19.2 Å². The minimum absolute atomic E-state index is 0.265. The van der Waals surface area contributed by atoms with Gasteiger partial charge < -0.3 is 10.1 Å². The topological polar surface area (TPSA) is 21.3 Å². The highest BCUT2D eigenvalue weighted by atomic mass is 19.1. The Balaban J connectivity index is 2.13. The highest BCUT2D eigenvalue weighted by Crippen LogP contribution is 2.40. The number of hydrogen-bond donors (Lipinski definition) is 1. The van der Waals surface area contributed by atoms with Crippen molar-refractivity contribution in [3.63, 3.8) is 0 Å². The Morgan fingerprint density at radius 1 is 1.29 bits per heavy atom. The first kappa shape index (κ1) is 16.3. The summed E-state index contributed by atoms with van der Waals surface area (Å²) in [5.41, 5.74) is 1.37. The van der Waals surface area contributed by atoms with Gasteiger partial charge in [0, 0.05) is 6.04 Å². The molecule has 0 aliphatic heterocycles. The monoisotopic (exact) mass is 293 g/mol. The Morgan fingerprint density at radius 2 is 2.00 bits per heavy atom. The van der Waals surface area contributed by atoms with E-state index in [1.807, 2.05) is 6.07 Å². The van der Waals surface area contributed by atoms with Crippen molar-refractivity contribution in [2.24, 2.45) is 5.41 Å². The Hall–Kier alpha value is -1.09. The third-order valence-electron chi connectivity index (χ3n) is 4.94. The molecule has 0 amide bonds. The lowest BCUT2D eigenvalue weighted by Gasteiger charge is -2.41. The fourth-order valence-corrected chi connectivity index (χ4v) is 3.59. The summed E-state index contributed by atoms with van der Waals surface area (Å²) in [7, 11) is 1.50. The van der Waals surface area contributed by atoms with Crippen LogP contribution in [0.25, 0.3) is 0 Å². The van der Waals surface area contributed by atoms with Crippen molar-refractivity contribution in [3.05, 3.63) is 29.6 Å². The molecule has 0 heterocycles. The maximum Gasteiger partial charge on any atom is 0.165 e. The first-order chi connectivity index (χ1) is 10.1. The standard InChI is InChI=1S/C18H28FNO/c1-4-20-17(18(2)10-6-5-7-11-18)13-14-8-9-16(21-3)15(19)12-14/h8-9,12,17,20H,4-7,10-11,13H2,1-3H3. The van der Waals surface area contributed by atoms with E-state index in [1.165, 1.54) is 39.2 Å². The van der Waals surface area contributed by atoms with Crippen molar-refractivity contribution < 1.29 is 9.13 Å². The summed E-state index contributed by atoms with van der Waals surface area (Å²) in [5, 5.41) is 3.64. The summed E-state index contributed by atoms with van der Waals surface area (Å²) < 4.78 is 18.9. The maximum atomic E-state index is 13.9. The number of likely N-dealkylation sites (N-methyl/N-ethyl adjacent to an activating group) is 1. The molecular formula is C18H28FNO. The lowest BCUT2D eigenvalue weighted by atomic mass is 9.69. The molecule has 2 rings (SSSR count). The van der Waals surface area contributed by atoms with Gasteiger partial charge in [-0.05, 0) is 48.9 Å². The van der Waals surface area contributed by atoms with Gasteiger partial charge in [-0.15, -0.1) is 0 Å². The molecule has 21 heavy (non-hydrogen) atoms. The first-order valence-electron chi connectivity index (χ1n) is 8.15. The largest absolute Gasteiger partial charge is 0.494 e. The molecule has 2 nitrogen and oxygen atoms in total. The van der Waals surface area contributed by atoms with E-state index in [0.717, 1.165) is 18.5 Å². The summed E-state index contributed by atoms with van der Waals surface area (Å²) in [6.07, 6.45) is 7.40. The minimum Gasteiger partial charge on any atom is -0.494 e. The molecule has 1 aliphatic carbocycles. The van der Waals surface area contributed by atoms with Gasteiger partial charge in [0.15, 0.2) is 11.6 Å². The molecule has 1 saturated carbocycles. The average molecular weight is 293 g/mol. The van der Waals surface area contributed by atoms with Gasteiger partial charge in [-0.3, -0.25) is 0 Å². The Kier molecular flexibility index (Phi) is 5.63. The van der Waals surface area contributed by atoms with Gasteiger partial charge in [-0.2, -0.15) is 0 Å². The number of rotatable bonds is 6. The molecule has 1 aliphatic rings. The molecule has 0 spiro atoms. The van der Waals surface area contributed by atoms with Crippen molar-refractivity contribution in [1.29, 1.82) is 0 Å². The number of ether oxygens (including phenoxy) is 1. The second-order valence-electron chi connectivity index (χ2n) is 6.50. The van der Waals surface area contributed by atoms with Crippen LogP contribution in [-0.2, 0) is 6.42 Å². The summed E-state index contributed by atoms with van der Waals surface area (Å²) in [6.45, 7) is 5.49. The third kappa shape index (κ3) is 3.97. The second-order valence-corrected chi connectivity index (χ2v) is 6.50. The Bertz CT molecular complexity index is 455. The molecule has 1 N–H and O–H groups in total. The lowest BCUT2D eigenvalue weighted by molar-refractivity contribution is 0.144. The quantitative estimate of drug-likeness (QED) is 0.843. The number of halogens is 1. The molecule has 0 radical (unpaired) electrons. The van der Waals surface area contributed by atoms with Crippen LogP contribution in [0.1, 0.15) is 51.5 Å². The molecule has 1 aromatic carbocycles. The predicted octanol–water partition coefficient (Wildman–Crippen LogP) is 4.33. The molecule has 0 bridgehead atoms. The molecule has 0 saturated heterocycles. The van der Waals surface area contributed by atoms with Crippen LogP contribution in [-0.4, -0.2) is 19.7 Å². The van der Waals surface area contributed by atoms with Crippen molar-refractivity contribution in [2.75, 3.05) is 13.7 Å². The van der Waals surface area contributed by atoms with Gasteiger partial charge in [0.05, 0.1) is 7.11 Å². The smallest absolute Gasteiger partial charge is 0.165 e. The zero-order valence-corrected chi connectivity index (χ0v) is 13.5. The molecule has 118 valence electrons. The van der Waals surface area contributed by atoms with Crippen molar-refractivity contribution in [2.45, 2.75) is 58.4 Å². The SMILES string of the molecule is CCNC(Cc1ccc(OC)c(F)c1)C1(C)CCCCC1. The van der Waals surface area contributed by atoms with Crippen LogP contribution in [0.2, 0.25) is 0 Å². The van der Waals surface area contributed by atoms with Crippen LogP contribution in [0.15, 0.2) is 18.2 Å². The van der Waals surface area contributed by atoms with Crippen LogP contribution in [0.4, 0.5) is 4.39 Å². The summed E-state index contributed by atoms with van der Waals surface area (Å²) in [4.78, 5) is 0.